The summed E-state index contributed by atoms with van der Waals surface area (Å²) in [6.45, 7) is 2.95. The molecule has 1 atom stereocenters. The molecule has 2 fully saturated rings. The third-order valence-electron chi connectivity index (χ3n) is 4.63. The number of benzene rings is 1. The van der Waals surface area contributed by atoms with E-state index in [1.807, 2.05) is 0 Å². The van der Waals surface area contributed by atoms with Gasteiger partial charge in [0.1, 0.15) is 11.6 Å². The molecule has 1 aliphatic heterocycles. The fourth-order valence-corrected chi connectivity index (χ4v) is 3.12. The van der Waals surface area contributed by atoms with Crippen LogP contribution in [0.1, 0.15) is 37.7 Å². The first-order chi connectivity index (χ1) is 9.81. The minimum absolute atomic E-state index is 0.153. The molecular weight excluding hydrogens is 253 g/mol. The van der Waals surface area contributed by atoms with Crippen LogP contribution in [0.2, 0.25) is 0 Å². The predicted molar refractivity (Wildman–Crippen MR) is 78.5 cm³/mol. The maximum atomic E-state index is 13.5. The average molecular weight is 277 g/mol. The van der Waals surface area contributed by atoms with Crippen LogP contribution in [0.5, 0.6) is 5.75 Å². The van der Waals surface area contributed by atoms with Gasteiger partial charge in [0, 0.05) is 0 Å². The zero-order valence-electron chi connectivity index (χ0n) is 12.0. The van der Waals surface area contributed by atoms with Crippen LogP contribution >= 0.6 is 0 Å². The summed E-state index contributed by atoms with van der Waals surface area (Å²) in [6, 6.07) is 4.98. The lowest BCUT2D eigenvalue weighted by Gasteiger charge is -2.27. The third kappa shape index (κ3) is 3.51. The molecule has 0 spiro atoms. The molecule has 3 rings (SSSR count). The summed E-state index contributed by atoms with van der Waals surface area (Å²) in [7, 11) is 0. The summed E-state index contributed by atoms with van der Waals surface area (Å²) in [5.41, 5.74) is 1.04. The van der Waals surface area contributed by atoms with Gasteiger partial charge in [0.05, 0.1) is 6.61 Å². The first-order valence-electron chi connectivity index (χ1n) is 7.93. The highest BCUT2D eigenvalue weighted by atomic mass is 19.1. The van der Waals surface area contributed by atoms with Gasteiger partial charge in [0.25, 0.3) is 0 Å². The second-order valence-electron chi connectivity index (χ2n) is 6.28. The van der Waals surface area contributed by atoms with Crippen molar-refractivity contribution in [1.82, 2.24) is 5.32 Å². The van der Waals surface area contributed by atoms with Crippen molar-refractivity contribution in [1.29, 1.82) is 0 Å². The van der Waals surface area contributed by atoms with Crippen molar-refractivity contribution in [2.24, 2.45) is 11.8 Å². The van der Waals surface area contributed by atoms with Gasteiger partial charge in [-0.2, -0.15) is 0 Å². The molecule has 1 unspecified atom stereocenters. The zero-order valence-corrected chi connectivity index (χ0v) is 12.0. The Morgan fingerprint density at radius 1 is 1.15 bits per heavy atom. The summed E-state index contributed by atoms with van der Waals surface area (Å²) in [4.78, 5) is 0. The fourth-order valence-electron chi connectivity index (χ4n) is 3.12. The SMILES string of the molecule is Fc1ccc(OCC2CCC2)c(CC2CCCNC2)c1. The lowest BCUT2D eigenvalue weighted by molar-refractivity contribution is 0.178. The van der Waals surface area contributed by atoms with Crippen molar-refractivity contribution in [2.75, 3.05) is 19.7 Å². The summed E-state index contributed by atoms with van der Waals surface area (Å²) < 4.78 is 19.5. The highest BCUT2D eigenvalue weighted by molar-refractivity contribution is 5.34. The van der Waals surface area contributed by atoms with Crippen molar-refractivity contribution in [3.63, 3.8) is 0 Å². The number of ether oxygens (including phenoxy) is 1. The Balaban J connectivity index is 1.64. The quantitative estimate of drug-likeness (QED) is 0.888. The van der Waals surface area contributed by atoms with Gasteiger partial charge >= 0.3 is 0 Å². The van der Waals surface area contributed by atoms with E-state index in [2.05, 4.69) is 5.32 Å². The fraction of sp³-hybridized carbons (Fsp3) is 0.647. The molecule has 1 saturated heterocycles. The lowest BCUT2D eigenvalue weighted by Crippen LogP contribution is -2.31. The molecule has 1 saturated carbocycles. The molecule has 1 aromatic rings. The Morgan fingerprint density at radius 3 is 2.70 bits per heavy atom. The van der Waals surface area contributed by atoms with Gasteiger partial charge in [0.15, 0.2) is 0 Å². The highest BCUT2D eigenvalue weighted by Crippen LogP contribution is 2.30. The van der Waals surface area contributed by atoms with E-state index < -0.39 is 0 Å². The molecule has 1 N–H and O–H groups in total. The van der Waals surface area contributed by atoms with Crippen LogP contribution in [0.15, 0.2) is 18.2 Å². The summed E-state index contributed by atoms with van der Waals surface area (Å²) in [5, 5.41) is 3.42. The molecule has 3 heteroatoms. The molecule has 2 nitrogen and oxygen atoms in total. The van der Waals surface area contributed by atoms with E-state index in [-0.39, 0.29) is 5.82 Å². The molecule has 0 amide bonds. The van der Waals surface area contributed by atoms with Crippen molar-refractivity contribution < 1.29 is 9.13 Å². The van der Waals surface area contributed by atoms with E-state index in [0.717, 1.165) is 37.4 Å². The van der Waals surface area contributed by atoms with Gasteiger partial charge in [0.2, 0.25) is 0 Å². The van der Waals surface area contributed by atoms with Gasteiger partial charge in [-0.25, -0.2) is 4.39 Å². The first-order valence-corrected chi connectivity index (χ1v) is 7.93. The standard InChI is InChI=1S/C17H24FNO/c18-16-6-7-17(20-12-13-3-1-4-13)15(10-16)9-14-5-2-8-19-11-14/h6-7,10,13-14,19H,1-5,8-9,11-12H2. The Hall–Kier alpha value is -1.09. The van der Waals surface area contributed by atoms with Crippen LogP contribution in [0.4, 0.5) is 4.39 Å². The molecule has 0 radical (unpaired) electrons. The van der Waals surface area contributed by atoms with Crippen molar-refractivity contribution >= 4 is 0 Å². The molecular formula is C17H24FNO. The number of piperidine rings is 1. The van der Waals surface area contributed by atoms with E-state index in [1.54, 1.807) is 12.1 Å². The second kappa shape index (κ2) is 6.57. The molecule has 20 heavy (non-hydrogen) atoms. The van der Waals surface area contributed by atoms with Gasteiger partial charge in [-0.05, 0) is 80.8 Å². The van der Waals surface area contributed by atoms with Crippen LogP contribution in [-0.4, -0.2) is 19.7 Å². The Bertz CT molecular complexity index is 439. The Kier molecular flexibility index (Phi) is 4.56. The summed E-state index contributed by atoms with van der Waals surface area (Å²) in [5.74, 6) is 2.06. The number of rotatable bonds is 5. The maximum absolute atomic E-state index is 13.5. The van der Waals surface area contributed by atoms with Gasteiger partial charge < -0.3 is 10.1 Å². The van der Waals surface area contributed by atoms with E-state index >= 15 is 0 Å². The monoisotopic (exact) mass is 277 g/mol. The van der Waals surface area contributed by atoms with Crippen molar-refractivity contribution in [2.45, 2.75) is 38.5 Å². The number of hydrogen-bond acceptors (Lipinski definition) is 2. The number of nitrogens with one attached hydrogen (secondary N) is 1. The van der Waals surface area contributed by atoms with Gasteiger partial charge in [-0.3, -0.25) is 0 Å². The van der Waals surface area contributed by atoms with Crippen molar-refractivity contribution in [3.8, 4) is 5.75 Å². The van der Waals surface area contributed by atoms with E-state index in [4.69, 9.17) is 4.74 Å². The molecule has 1 aliphatic carbocycles. The zero-order chi connectivity index (χ0) is 13.8. The molecule has 1 aromatic carbocycles. The topological polar surface area (TPSA) is 21.3 Å². The van der Waals surface area contributed by atoms with Crippen molar-refractivity contribution in [3.05, 3.63) is 29.6 Å². The maximum Gasteiger partial charge on any atom is 0.123 e. The average Bonchev–Trinajstić information content (AvgIpc) is 2.40. The van der Waals surface area contributed by atoms with Crippen LogP contribution in [-0.2, 0) is 6.42 Å². The van der Waals surface area contributed by atoms with E-state index in [9.17, 15) is 4.39 Å². The van der Waals surface area contributed by atoms with E-state index in [1.165, 1.54) is 38.2 Å². The molecule has 110 valence electrons. The van der Waals surface area contributed by atoms with Crippen LogP contribution in [0.3, 0.4) is 0 Å². The second-order valence-corrected chi connectivity index (χ2v) is 6.28. The third-order valence-corrected chi connectivity index (χ3v) is 4.63. The van der Waals surface area contributed by atoms with Gasteiger partial charge in [-0.1, -0.05) is 6.42 Å². The molecule has 1 heterocycles. The molecule has 0 bridgehead atoms. The van der Waals surface area contributed by atoms with Crippen LogP contribution in [0, 0.1) is 17.7 Å². The molecule has 2 aliphatic rings. The largest absolute Gasteiger partial charge is 0.493 e. The summed E-state index contributed by atoms with van der Waals surface area (Å²) >= 11 is 0. The lowest BCUT2D eigenvalue weighted by atomic mass is 9.86. The number of halogens is 1. The highest BCUT2D eigenvalue weighted by Gasteiger charge is 2.20. The first kappa shape index (κ1) is 13.9. The van der Waals surface area contributed by atoms with Gasteiger partial charge in [-0.15, -0.1) is 0 Å². The number of hydrogen-bond donors (Lipinski definition) is 1. The predicted octanol–water partition coefficient (Wildman–Crippen LogP) is 3.55. The Labute approximate surface area is 120 Å². The Morgan fingerprint density at radius 2 is 2.00 bits per heavy atom. The van der Waals surface area contributed by atoms with E-state index in [0.29, 0.717) is 11.8 Å². The normalized spacial score (nSPS) is 23.4. The summed E-state index contributed by atoms with van der Waals surface area (Å²) in [6.07, 6.45) is 7.26. The smallest absolute Gasteiger partial charge is 0.123 e. The van der Waals surface area contributed by atoms with Crippen LogP contribution < -0.4 is 10.1 Å². The van der Waals surface area contributed by atoms with Crippen LogP contribution in [0.25, 0.3) is 0 Å². The minimum atomic E-state index is -0.153. The minimum Gasteiger partial charge on any atom is -0.493 e. The molecule has 0 aromatic heterocycles.